The van der Waals surface area contributed by atoms with Crippen LogP contribution in [0.1, 0.15) is 12.8 Å². The van der Waals surface area contributed by atoms with Crippen molar-refractivity contribution in [1.82, 2.24) is 5.32 Å². The summed E-state index contributed by atoms with van der Waals surface area (Å²) in [6.45, 7) is 1.10. The minimum Gasteiger partial charge on any atom is -0.376 e. The fourth-order valence-corrected chi connectivity index (χ4v) is 1.99. The first-order chi connectivity index (χ1) is 10.2. The molecule has 21 heavy (non-hydrogen) atoms. The van der Waals surface area contributed by atoms with Gasteiger partial charge in [0.15, 0.2) is 0 Å². The zero-order chi connectivity index (χ0) is 15.1. The largest absolute Gasteiger partial charge is 0.376 e. The van der Waals surface area contributed by atoms with E-state index in [1.54, 1.807) is 6.07 Å². The monoisotopic (exact) mass is 289 g/mol. The van der Waals surface area contributed by atoms with Gasteiger partial charge in [-0.2, -0.15) is 5.26 Å². The lowest BCUT2D eigenvalue weighted by Crippen LogP contribution is -2.32. The average molecular weight is 289 g/mol. The molecular formula is C15H16FN3O2. The number of halogens is 1. The molecule has 110 valence electrons. The van der Waals surface area contributed by atoms with Crippen LogP contribution in [0.2, 0.25) is 0 Å². The minimum absolute atomic E-state index is 0.0186. The molecule has 2 rings (SSSR count). The zero-order valence-corrected chi connectivity index (χ0v) is 11.4. The number of nitriles is 1. The van der Waals surface area contributed by atoms with Gasteiger partial charge < -0.3 is 15.4 Å². The molecule has 1 aliphatic heterocycles. The fourth-order valence-electron chi connectivity index (χ4n) is 1.99. The number of anilines is 1. The highest BCUT2D eigenvalue weighted by molar-refractivity contribution is 5.97. The zero-order valence-electron chi connectivity index (χ0n) is 11.4. The van der Waals surface area contributed by atoms with E-state index in [9.17, 15) is 9.18 Å². The summed E-state index contributed by atoms with van der Waals surface area (Å²) >= 11 is 0. The van der Waals surface area contributed by atoms with E-state index in [2.05, 4.69) is 10.6 Å². The lowest BCUT2D eigenvalue weighted by molar-refractivity contribution is -0.117. The van der Waals surface area contributed by atoms with Crippen LogP contribution in [-0.2, 0) is 9.53 Å². The molecule has 0 aliphatic carbocycles. The molecule has 1 aromatic rings. The van der Waals surface area contributed by atoms with Gasteiger partial charge in [0, 0.05) is 25.0 Å². The number of hydrogen-bond donors (Lipinski definition) is 2. The number of carbonyl (C=O) groups excluding carboxylic acids is 1. The molecule has 1 unspecified atom stereocenters. The Bertz CT molecular complexity index is 575. The van der Waals surface area contributed by atoms with Gasteiger partial charge in [-0.15, -0.1) is 0 Å². The van der Waals surface area contributed by atoms with Crippen molar-refractivity contribution >= 4 is 11.6 Å². The van der Waals surface area contributed by atoms with E-state index in [1.165, 1.54) is 24.4 Å². The standard InChI is InChI=1S/C15H16FN3O2/c16-12-3-1-4-13(7-12)18-9-11(8-17)15(20)19-10-14-5-2-6-21-14/h1,3-4,7,9,14,18H,2,5-6,10H2,(H,19,20)/b11-9-. The molecule has 1 aromatic carbocycles. The summed E-state index contributed by atoms with van der Waals surface area (Å²) in [5.74, 6) is -0.869. The second kappa shape index (κ2) is 7.41. The topological polar surface area (TPSA) is 74.2 Å². The molecule has 1 saturated heterocycles. The van der Waals surface area contributed by atoms with E-state index < -0.39 is 11.7 Å². The number of nitrogens with zero attached hydrogens (tertiary/aromatic N) is 1. The molecule has 1 amide bonds. The second-order valence-corrected chi connectivity index (χ2v) is 4.67. The van der Waals surface area contributed by atoms with E-state index in [-0.39, 0.29) is 11.7 Å². The van der Waals surface area contributed by atoms with Gasteiger partial charge in [0.05, 0.1) is 6.10 Å². The van der Waals surface area contributed by atoms with Crippen LogP contribution in [0.25, 0.3) is 0 Å². The second-order valence-electron chi connectivity index (χ2n) is 4.67. The van der Waals surface area contributed by atoms with Crippen LogP contribution in [0.4, 0.5) is 10.1 Å². The van der Waals surface area contributed by atoms with Crippen LogP contribution >= 0.6 is 0 Å². The Labute approximate surface area is 122 Å². The summed E-state index contributed by atoms with van der Waals surface area (Å²) in [6.07, 6.45) is 3.18. The highest BCUT2D eigenvalue weighted by Crippen LogP contribution is 2.11. The van der Waals surface area contributed by atoms with E-state index in [0.717, 1.165) is 12.8 Å². The van der Waals surface area contributed by atoms with Gasteiger partial charge in [-0.05, 0) is 31.0 Å². The molecule has 2 N–H and O–H groups in total. The summed E-state index contributed by atoms with van der Waals surface area (Å²) in [7, 11) is 0. The molecule has 0 radical (unpaired) electrons. The Morgan fingerprint density at radius 2 is 2.43 bits per heavy atom. The number of hydrogen-bond acceptors (Lipinski definition) is 4. The number of carbonyl (C=O) groups is 1. The summed E-state index contributed by atoms with van der Waals surface area (Å²) in [6, 6.07) is 7.58. The number of amides is 1. The summed E-state index contributed by atoms with van der Waals surface area (Å²) < 4.78 is 18.4. The molecule has 1 atom stereocenters. The Kier molecular flexibility index (Phi) is 5.29. The van der Waals surface area contributed by atoms with E-state index in [4.69, 9.17) is 10.00 Å². The van der Waals surface area contributed by atoms with Crippen LogP contribution in [0.3, 0.4) is 0 Å². The van der Waals surface area contributed by atoms with Crippen LogP contribution in [0, 0.1) is 17.1 Å². The molecule has 1 heterocycles. The molecule has 0 saturated carbocycles. The summed E-state index contributed by atoms with van der Waals surface area (Å²) in [5.41, 5.74) is 0.395. The predicted octanol–water partition coefficient (Wildman–Crippen LogP) is 1.94. The van der Waals surface area contributed by atoms with Crippen molar-refractivity contribution in [3.8, 4) is 6.07 Å². The van der Waals surface area contributed by atoms with Gasteiger partial charge in [0.2, 0.25) is 0 Å². The molecule has 1 fully saturated rings. The molecule has 5 nitrogen and oxygen atoms in total. The Hall–Kier alpha value is -2.39. The Morgan fingerprint density at radius 3 is 3.10 bits per heavy atom. The molecule has 0 spiro atoms. The van der Waals surface area contributed by atoms with Gasteiger partial charge in [-0.1, -0.05) is 6.07 Å². The first kappa shape index (κ1) is 15.0. The summed E-state index contributed by atoms with van der Waals surface area (Å²) in [4.78, 5) is 11.8. The number of ether oxygens (including phenoxy) is 1. The molecular weight excluding hydrogens is 273 g/mol. The molecule has 0 bridgehead atoms. The van der Waals surface area contributed by atoms with Crippen LogP contribution in [0.15, 0.2) is 36.0 Å². The number of nitrogens with one attached hydrogen (secondary N) is 2. The van der Waals surface area contributed by atoms with E-state index in [1.807, 2.05) is 6.07 Å². The Balaban J connectivity index is 1.90. The van der Waals surface area contributed by atoms with Crippen LogP contribution in [0.5, 0.6) is 0 Å². The third-order valence-electron chi connectivity index (χ3n) is 3.09. The maximum absolute atomic E-state index is 13.0. The SMILES string of the molecule is N#C/C(=C/Nc1cccc(F)c1)C(=O)NCC1CCCO1. The van der Waals surface area contributed by atoms with Crippen molar-refractivity contribution in [2.75, 3.05) is 18.5 Å². The van der Waals surface area contributed by atoms with E-state index >= 15 is 0 Å². The molecule has 6 heteroatoms. The van der Waals surface area contributed by atoms with E-state index in [0.29, 0.717) is 18.8 Å². The number of rotatable bonds is 5. The predicted molar refractivity (Wildman–Crippen MR) is 75.7 cm³/mol. The van der Waals surface area contributed by atoms with Crippen molar-refractivity contribution in [3.63, 3.8) is 0 Å². The third kappa shape index (κ3) is 4.58. The smallest absolute Gasteiger partial charge is 0.263 e. The number of benzene rings is 1. The molecule has 1 aliphatic rings. The van der Waals surface area contributed by atoms with Gasteiger partial charge >= 0.3 is 0 Å². The van der Waals surface area contributed by atoms with Crippen molar-refractivity contribution in [3.05, 3.63) is 41.9 Å². The summed E-state index contributed by atoms with van der Waals surface area (Å²) in [5, 5.41) is 14.4. The maximum atomic E-state index is 13.0. The van der Waals surface area contributed by atoms with Gasteiger partial charge in [-0.25, -0.2) is 4.39 Å². The first-order valence-electron chi connectivity index (χ1n) is 6.71. The third-order valence-corrected chi connectivity index (χ3v) is 3.09. The van der Waals surface area contributed by atoms with Gasteiger partial charge in [0.1, 0.15) is 17.5 Å². The molecule has 0 aromatic heterocycles. The Morgan fingerprint density at radius 1 is 1.57 bits per heavy atom. The van der Waals surface area contributed by atoms with Crippen molar-refractivity contribution in [2.24, 2.45) is 0 Å². The highest BCUT2D eigenvalue weighted by Gasteiger charge is 2.17. The lowest BCUT2D eigenvalue weighted by atomic mass is 10.2. The maximum Gasteiger partial charge on any atom is 0.263 e. The lowest BCUT2D eigenvalue weighted by Gasteiger charge is -2.10. The van der Waals surface area contributed by atoms with Gasteiger partial charge in [-0.3, -0.25) is 4.79 Å². The van der Waals surface area contributed by atoms with Crippen molar-refractivity contribution in [2.45, 2.75) is 18.9 Å². The van der Waals surface area contributed by atoms with Crippen LogP contribution in [-0.4, -0.2) is 25.2 Å². The quantitative estimate of drug-likeness (QED) is 0.641. The average Bonchev–Trinajstić information content (AvgIpc) is 2.99. The fraction of sp³-hybridized carbons (Fsp3) is 0.333. The van der Waals surface area contributed by atoms with Gasteiger partial charge in [0.25, 0.3) is 5.91 Å². The van der Waals surface area contributed by atoms with Crippen molar-refractivity contribution < 1.29 is 13.9 Å². The minimum atomic E-state index is -0.475. The normalized spacial score (nSPS) is 18.1. The van der Waals surface area contributed by atoms with Crippen LogP contribution < -0.4 is 10.6 Å². The highest BCUT2D eigenvalue weighted by atomic mass is 19.1. The van der Waals surface area contributed by atoms with Crippen molar-refractivity contribution in [1.29, 1.82) is 5.26 Å². The first-order valence-corrected chi connectivity index (χ1v) is 6.71.